The summed E-state index contributed by atoms with van der Waals surface area (Å²) >= 11 is 0. The lowest BCUT2D eigenvalue weighted by molar-refractivity contribution is -0.883. The molecule has 35 heavy (non-hydrogen) atoms. The van der Waals surface area contributed by atoms with Crippen LogP contribution in [-0.2, 0) is 14.3 Å². The van der Waals surface area contributed by atoms with Crippen molar-refractivity contribution >= 4 is 11.9 Å². The molecule has 0 aromatic carbocycles. The van der Waals surface area contributed by atoms with Gasteiger partial charge in [0.05, 0.1) is 26.7 Å². The van der Waals surface area contributed by atoms with Crippen LogP contribution >= 0.6 is 0 Å². The summed E-state index contributed by atoms with van der Waals surface area (Å²) in [6.45, 7) is 1.67. The molecule has 0 fully saturated rings. The number of carbonyl (C=O) groups excluding carboxylic acids is 2. The molecule has 1 amide bonds. The van der Waals surface area contributed by atoms with Crippen LogP contribution < -0.4 is 5.32 Å². The van der Waals surface area contributed by atoms with Gasteiger partial charge >= 0.3 is 41.8 Å². The van der Waals surface area contributed by atoms with Crippen LogP contribution in [0.4, 0.5) is 57.1 Å². The summed E-state index contributed by atoms with van der Waals surface area (Å²) in [5.74, 6) is -42.5. The first kappa shape index (κ1) is 33.0. The Balaban J connectivity index is 5.46. The number of likely N-dealkylation sites (N-methyl/N-ethyl adjacent to an activating group) is 1. The average Bonchev–Trinajstić information content (AvgIpc) is 2.62. The number of amides is 1. The Morgan fingerprint density at radius 2 is 1.20 bits per heavy atom. The van der Waals surface area contributed by atoms with Gasteiger partial charge in [0.1, 0.15) is 0 Å². The zero-order valence-corrected chi connectivity index (χ0v) is 18.5. The zero-order chi connectivity index (χ0) is 28.5. The van der Waals surface area contributed by atoms with Crippen molar-refractivity contribution in [2.45, 2.75) is 62.2 Å². The van der Waals surface area contributed by atoms with Crippen LogP contribution in [0.5, 0.6) is 0 Å². The van der Waals surface area contributed by atoms with E-state index < -0.39 is 60.3 Å². The van der Waals surface area contributed by atoms with Gasteiger partial charge in [-0.1, -0.05) is 0 Å². The molecule has 0 heterocycles. The van der Waals surface area contributed by atoms with Gasteiger partial charge in [0.15, 0.2) is 6.54 Å². The van der Waals surface area contributed by atoms with E-state index in [1.807, 2.05) is 0 Å². The van der Waals surface area contributed by atoms with Gasteiger partial charge < -0.3 is 14.5 Å². The topological polar surface area (TPSA) is 55.4 Å². The molecule has 0 atom stereocenters. The number of rotatable bonds is 12. The van der Waals surface area contributed by atoms with Gasteiger partial charge in [0.2, 0.25) is 0 Å². The van der Waals surface area contributed by atoms with Crippen LogP contribution in [0.3, 0.4) is 0 Å². The van der Waals surface area contributed by atoms with Gasteiger partial charge in [-0.25, -0.2) is 4.79 Å². The third-order valence-corrected chi connectivity index (χ3v) is 4.37. The van der Waals surface area contributed by atoms with Crippen molar-refractivity contribution < 1.29 is 75.9 Å². The van der Waals surface area contributed by atoms with Gasteiger partial charge in [-0.2, -0.15) is 57.1 Å². The Morgan fingerprint density at radius 3 is 1.60 bits per heavy atom. The standard InChI is InChI=1S/C17H21F13N2O3/c1-9(2)35-10(33)8-32(3,4)7-5-6-31-11(34)12(18,19)13(20,21)14(22,23)15(24,25)16(26,27)17(28,29)30/h9H,5-8H2,1-4H3/p+1. The first-order chi connectivity index (χ1) is 15.2. The second-order valence-electron chi connectivity index (χ2n) is 8.34. The predicted octanol–water partition coefficient (Wildman–Crippen LogP) is 4.26. The number of hydrogen-bond donors (Lipinski definition) is 1. The number of nitrogens with zero attached hydrogens (tertiary/aromatic N) is 1. The largest absolute Gasteiger partial charge is 0.460 e. The Kier molecular flexibility index (Phi) is 9.58. The maximum atomic E-state index is 13.7. The summed E-state index contributed by atoms with van der Waals surface area (Å²) in [6.07, 6.45) is -8.39. The minimum absolute atomic E-state index is 0.137. The van der Waals surface area contributed by atoms with Crippen LogP contribution in [0, 0.1) is 0 Å². The van der Waals surface area contributed by atoms with Crippen molar-refractivity contribution in [2.24, 2.45) is 0 Å². The molecule has 0 aliphatic carbocycles. The first-order valence-corrected chi connectivity index (χ1v) is 9.44. The highest BCUT2D eigenvalue weighted by atomic mass is 19.4. The molecule has 0 rings (SSSR count). The highest BCUT2D eigenvalue weighted by Crippen LogP contribution is 2.60. The number of alkyl halides is 13. The molecule has 18 heteroatoms. The van der Waals surface area contributed by atoms with E-state index in [0.29, 0.717) is 0 Å². The maximum absolute atomic E-state index is 13.7. The zero-order valence-electron chi connectivity index (χ0n) is 18.5. The number of halogens is 13. The van der Waals surface area contributed by atoms with E-state index in [-0.39, 0.29) is 24.0 Å². The summed E-state index contributed by atoms with van der Waals surface area (Å²) in [5, 5.41) is 0.997. The summed E-state index contributed by atoms with van der Waals surface area (Å²) in [5.41, 5.74) is 0. The fourth-order valence-electron chi connectivity index (χ4n) is 2.46. The quantitative estimate of drug-likeness (QED) is 0.171. The van der Waals surface area contributed by atoms with Crippen molar-refractivity contribution in [2.75, 3.05) is 33.7 Å². The molecule has 0 aromatic rings. The molecule has 0 unspecified atom stereocenters. The summed E-state index contributed by atoms with van der Waals surface area (Å²) in [7, 11) is 2.82. The molecule has 0 saturated heterocycles. The van der Waals surface area contributed by atoms with E-state index in [1.165, 1.54) is 27.9 Å². The summed E-state index contributed by atoms with van der Waals surface area (Å²) in [6, 6.07) is 0. The molecule has 0 aromatic heterocycles. The Morgan fingerprint density at radius 1 is 0.771 bits per heavy atom. The van der Waals surface area contributed by atoms with E-state index in [4.69, 9.17) is 4.74 Å². The van der Waals surface area contributed by atoms with Crippen LogP contribution in [0.15, 0.2) is 0 Å². The molecular formula is C17H22F13N2O3+. The second kappa shape index (κ2) is 10.2. The molecular weight excluding hydrogens is 527 g/mol. The van der Waals surface area contributed by atoms with E-state index in [9.17, 15) is 66.7 Å². The van der Waals surface area contributed by atoms with Gasteiger partial charge in [-0.05, 0) is 13.8 Å². The number of hydrogen-bond acceptors (Lipinski definition) is 3. The van der Waals surface area contributed by atoms with Gasteiger partial charge in [0, 0.05) is 13.0 Å². The lowest BCUT2D eigenvalue weighted by Gasteiger charge is -2.39. The molecule has 208 valence electrons. The maximum Gasteiger partial charge on any atom is 0.460 e. The van der Waals surface area contributed by atoms with E-state index in [0.717, 1.165) is 5.32 Å². The van der Waals surface area contributed by atoms with E-state index in [1.54, 1.807) is 0 Å². The van der Waals surface area contributed by atoms with Gasteiger partial charge in [0.25, 0.3) is 5.91 Å². The fourth-order valence-corrected chi connectivity index (χ4v) is 2.46. The number of carbonyl (C=O) groups is 2. The normalized spacial score (nSPS) is 14.8. The average molecular weight is 549 g/mol. The highest BCUT2D eigenvalue weighted by Gasteiger charge is 2.91. The molecule has 1 N–H and O–H groups in total. The van der Waals surface area contributed by atoms with Crippen molar-refractivity contribution in [3.8, 4) is 0 Å². The van der Waals surface area contributed by atoms with Crippen molar-refractivity contribution in [1.29, 1.82) is 0 Å². The number of nitrogens with one attached hydrogen (secondary N) is 1. The SMILES string of the molecule is CC(C)OC(=O)C[N+](C)(C)CCCNC(=O)C(F)(F)C(F)(F)C(F)(F)C(F)(F)C(F)(F)C(F)(F)F. The van der Waals surface area contributed by atoms with Crippen molar-refractivity contribution in [3.05, 3.63) is 0 Å². The Labute approximate surface area is 190 Å². The number of quaternary nitrogens is 1. The van der Waals surface area contributed by atoms with Gasteiger partial charge in [-0.15, -0.1) is 0 Å². The van der Waals surface area contributed by atoms with Gasteiger partial charge in [-0.3, -0.25) is 4.79 Å². The van der Waals surface area contributed by atoms with Crippen LogP contribution in [0.1, 0.15) is 20.3 Å². The van der Waals surface area contributed by atoms with Crippen molar-refractivity contribution in [1.82, 2.24) is 5.32 Å². The lowest BCUT2D eigenvalue weighted by Crippen LogP contribution is -2.72. The molecule has 5 nitrogen and oxygen atoms in total. The molecule has 0 bridgehead atoms. The molecule has 0 spiro atoms. The predicted molar refractivity (Wildman–Crippen MR) is 91.5 cm³/mol. The van der Waals surface area contributed by atoms with Crippen molar-refractivity contribution in [3.63, 3.8) is 0 Å². The third kappa shape index (κ3) is 6.61. The van der Waals surface area contributed by atoms with Crippen LogP contribution in [0.2, 0.25) is 0 Å². The smallest absolute Gasteiger partial charge is 0.459 e. The van der Waals surface area contributed by atoms with Crippen LogP contribution in [-0.4, -0.2) is 92.0 Å². The molecule has 0 aliphatic rings. The Bertz CT molecular complexity index is 765. The molecule has 0 radical (unpaired) electrons. The second-order valence-corrected chi connectivity index (χ2v) is 8.34. The minimum atomic E-state index is -8.07. The minimum Gasteiger partial charge on any atom is -0.459 e. The molecule has 0 saturated carbocycles. The molecule has 0 aliphatic heterocycles. The summed E-state index contributed by atoms with van der Waals surface area (Å²) in [4.78, 5) is 23.0. The summed E-state index contributed by atoms with van der Waals surface area (Å²) < 4.78 is 174. The first-order valence-electron chi connectivity index (χ1n) is 9.44. The fraction of sp³-hybridized carbons (Fsp3) is 0.882. The lowest BCUT2D eigenvalue weighted by atomic mass is 9.93. The number of esters is 1. The van der Waals surface area contributed by atoms with E-state index in [2.05, 4.69) is 0 Å². The van der Waals surface area contributed by atoms with Crippen LogP contribution in [0.25, 0.3) is 0 Å². The monoisotopic (exact) mass is 549 g/mol. The Hall–Kier alpha value is -2.01. The third-order valence-electron chi connectivity index (χ3n) is 4.37. The highest BCUT2D eigenvalue weighted by molar-refractivity contribution is 5.84. The van der Waals surface area contributed by atoms with E-state index >= 15 is 0 Å². The number of ether oxygens (including phenoxy) is 1.